The first-order chi connectivity index (χ1) is 10.9. The molecule has 1 rings (SSSR count). The van der Waals surface area contributed by atoms with E-state index in [1.54, 1.807) is 12.2 Å². The number of ether oxygens (including phenoxy) is 2. The van der Waals surface area contributed by atoms with E-state index in [2.05, 4.69) is 9.47 Å². The Labute approximate surface area is 132 Å². The number of hydrogen-bond donors (Lipinski definition) is 0. The average molecular weight is 363 g/mol. The van der Waals surface area contributed by atoms with Gasteiger partial charge in [-0.1, -0.05) is 12.2 Å². The topological polar surface area (TPSA) is 75.7 Å². The van der Waals surface area contributed by atoms with Crippen molar-refractivity contribution in [2.24, 2.45) is 5.92 Å². The van der Waals surface area contributed by atoms with Crippen LogP contribution in [0.1, 0.15) is 19.3 Å². The molecular weight excluding hydrogens is 350 g/mol. The van der Waals surface area contributed by atoms with Gasteiger partial charge in [0.15, 0.2) is 5.60 Å². The lowest BCUT2D eigenvalue weighted by Gasteiger charge is -2.40. The minimum atomic E-state index is -6.42. The molecule has 0 radical (unpaired) electrons. The molecule has 0 fully saturated rings. The summed E-state index contributed by atoms with van der Waals surface area (Å²) in [5.41, 5.74) is -5.89. The lowest BCUT2D eigenvalue weighted by atomic mass is 9.96. The molecule has 1 aliphatic rings. The Bertz CT molecular complexity index is 482. The molecule has 0 heterocycles. The zero-order valence-corrected chi connectivity index (χ0v) is 12.1. The smallest absolute Gasteiger partial charge is 0.399 e. The van der Waals surface area contributed by atoms with E-state index >= 15 is 0 Å². The summed E-state index contributed by atoms with van der Waals surface area (Å²) >= 11 is 0. The van der Waals surface area contributed by atoms with Crippen LogP contribution in [0.5, 0.6) is 0 Å². The molecular formula is C13H13F6O5-. The molecule has 0 amide bonds. The SMILES string of the molecule is O=C(OCCOC(=O)C([O-])(C(F)(F)F)C(F)(F)F)C1C=CCCC1. The predicted molar refractivity (Wildman–Crippen MR) is 63.2 cm³/mol. The Morgan fingerprint density at radius 3 is 2.04 bits per heavy atom. The normalized spacial score (nSPS) is 19.0. The number of halogens is 6. The highest BCUT2D eigenvalue weighted by Crippen LogP contribution is 2.41. The molecule has 0 aliphatic heterocycles. The van der Waals surface area contributed by atoms with Gasteiger partial charge in [-0.2, -0.15) is 26.3 Å². The van der Waals surface area contributed by atoms with Crippen LogP contribution in [-0.2, 0) is 19.1 Å². The number of alkyl halides is 6. The summed E-state index contributed by atoms with van der Waals surface area (Å²) in [6.07, 6.45) is -7.57. The Balaban J connectivity index is 2.54. The van der Waals surface area contributed by atoms with Gasteiger partial charge in [0.1, 0.15) is 13.2 Å². The van der Waals surface area contributed by atoms with Crippen LogP contribution in [0.4, 0.5) is 26.3 Å². The van der Waals surface area contributed by atoms with Crippen LogP contribution < -0.4 is 5.11 Å². The van der Waals surface area contributed by atoms with Crippen molar-refractivity contribution in [1.29, 1.82) is 0 Å². The summed E-state index contributed by atoms with van der Waals surface area (Å²) in [6, 6.07) is 0. The Kier molecular flexibility index (Phi) is 6.26. The van der Waals surface area contributed by atoms with Crippen molar-refractivity contribution in [3.05, 3.63) is 12.2 Å². The largest absolute Gasteiger partial charge is 0.828 e. The van der Waals surface area contributed by atoms with Gasteiger partial charge < -0.3 is 14.6 Å². The Morgan fingerprint density at radius 2 is 1.58 bits per heavy atom. The van der Waals surface area contributed by atoms with Crippen LogP contribution in [0.3, 0.4) is 0 Å². The number of esters is 2. The average Bonchev–Trinajstić information content (AvgIpc) is 2.48. The van der Waals surface area contributed by atoms with Crippen LogP contribution in [0.15, 0.2) is 12.2 Å². The van der Waals surface area contributed by atoms with Crippen LogP contribution >= 0.6 is 0 Å². The number of rotatable bonds is 5. The molecule has 0 aromatic carbocycles. The van der Waals surface area contributed by atoms with E-state index in [9.17, 15) is 41.0 Å². The fraction of sp³-hybridized carbons (Fsp3) is 0.692. The molecule has 1 atom stereocenters. The standard InChI is InChI=1S/C13H13F6O5/c14-12(15,16)11(22,13(17,18)19)10(21)24-7-6-23-9(20)8-4-2-1-3-5-8/h2,4,8H,1,3,5-7H2/q-1. The van der Waals surface area contributed by atoms with Crippen molar-refractivity contribution in [1.82, 2.24) is 0 Å². The molecule has 138 valence electrons. The molecule has 11 heteroatoms. The fourth-order valence-electron chi connectivity index (χ4n) is 1.89. The second kappa shape index (κ2) is 7.41. The second-order valence-electron chi connectivity index (χ2n) is 4.95. The highest BCUT2D eigenvalue weighted by molar-refractivity contribution is 5.81. The predicted octanol–water partition coefficient (Wildman–Crippen LogP) is 1.65. The van der Waals surface area contributed by atoms with E-state index in [0.29, 0.717) is 6.42 Å². The van der Waals surface area contributed by atoms with E-state index in [-0.39, 0.29) is 0 Å². The third-order valence-electron chi connectivity index (χ3n) is 3.20. The zero-order chi connectivity index (χ0) is 18.6. The molecule has 0 saturated carbocycles. The first-order valence-electron chi connectivity index (χ1n) is 6.75. The fourth-order valence-corrected chi connectivity index (χ4v) is 1.89. The van der Waals surface area contributed by atoms with E-state index in [0.717, 1.165) is 12.8 Å². The van der Waals surface area contributed by atoms with Crippen molar-refractivity contribution >= 4 is 11.9 Å². The maximum atomic E-state index is 12.3. The number of hydrogen-bond acceptors (Lipinski definition) is 5. The molecule has 24 heavy (non-hydrogen) atoms. The summed E-state index contributed by atoms with van der Waals surface area (Å²) in [4.78, 5) is 22.5. The van der Waals surface area contributed by atoms with Gasteiger partial charge in [0.2, 0.25) is 0 Å². The van der Waals surface area contributed by atoms with Crippen molar-refractivity contribution in [3.8, 4) is 0 Å². The Hall–Kier alpha value is -1.78. The molecule has 0 aromatic heterocycles. The lowest BCUT2D eigenvalue weighted by molar-refractivity contribution is -0.574. The maximum Gasteiger partial charge on any atom is 0.399 e. The van der Waals surface area contributed by atoms with Gasteiger partial charge in [0, 0.05) is 0 Å². The highest BCUT2D eigenvalue weighted by Gasteiger charge is 2.68. The van der Waals surface area contributed by atoms with Gasteiger partial charge >= 0.3 is 24.3 Å². The van der Waals surface area contributed by atoms with Gasteiger partial charge in [0.05, 0.1) is 5.92 Å². The van der Waals surface area contributed by atoms with Crippen LogP contribution in [-0.4, -0.2) is 43.1 Å². The van der Waals surface area contributed by atoms with Crippen molar-refractivity contribution < 1.29 is 50.5 Å². The van der Waals surface area contributed by atoms with E-state index in [4.69, 9.17) is 0 Å². The number of carbonyl (C=O) groups excluding carboxylic acids is 2. The highest BCUT2D eigenvalue weighted by atomic mass is 19.4. The molecule has 0 aromatic rings. The minimum Gasteiger partial charge on any atom is -0.828 e. The van der Waals surface area contributed by atoms with Gasteiger partial charge in [-0.05, 0) is 19.3 Å². The quantitative estimate of drug-likeness (QED) is 0.321. The second-order valence-corrected chi connectivity index (χ2v) is 4.95. The Morgan fingerprint density at radius 1 is 1.04 bits per heavy atom. The van der Waals surface area contributed by atoms with Gasteiger partial charge in [-0.15, -0.1) is 0 Å². The first-order valence-corrected chi connectivity index (χ1v) is 6.75. The molecule has 0 N–H and O–H groups in total. The van der Waals surface area contributed by atoms with Crippen molar-refractivity contribution in [2.45, 2.75) is 37.2 Å². The zero-order valence-electron chi connectivity index (χ0n) is 12.1. The molecule has 0 saturated heterocycles. The molecule has 0 bridgehead atoms. The number of carbonyl (C=O) groups is 2. The van der Waals surface area contributed by atoms with Crippen LogP contribution in [0, 0.1) is 5.92 Å². The summed E-state index contributed by atoms with van der Waals surface area (Å²) in [7, 11) is 0. The summed E-state index contributed by atoms with van der Waals surface area (Å²) in [5.74, 6) is -4.36. The van der Waals surface area contributed by atoms with E-state index in [1.807, 2.05) is 0 Å². The summed E-state index contributed by atoms with van der Waals surface area (Å²) < 4.78 is 82.1. The van der Waals surface area contributed by atoms with Gasteiger partial charge in [0.25, 0.3) is 0 Å². The summed E-state index contributed by atoms with van der Waals surface area (Å²) in [5, 5.41) is 11.0. The van der Waals surface area contributed by atoms with E-state index < -0.39 is 49.0 Å². The minimum absolute atomic E-state index is 0.487. The van der Waals surface area contributed by atoms with Crippen molar-refractivity contribution in [2.75, 3.05) is 13.2 Å². The van der Waals surface area contributed by atoms with E-state index in [1.165, 1.54) is 0 Å². The van der Waals surface area contributed by atoms with Crippen LogP contribution in [0.25, 0.3) is 0 Å². The molecule has 1 aliphatic carbocycles. The van der Waals surface area contributed by atoms with Gasteiger partial charge in [-0.25, -0.2) is 0 Å². The molecule has 0 spiro atoms. The maximum absolute atomic E-state index is 12.3. The van der Waals surface area contributed by atoms with Gasteiger partial charge in [-0.3, -0.25) is 9.59 Å². The third kappa shape index (κ3) is 4.40. The molecule has 5 nitrogen and oxygen atoms in total. The van der Waals surface area contributed by atoms with Crippen LogP contribution in [0.2, 0.25) is 0 Å². The summed E-state index contributed by atoms with van der Waals surface area (Å²) in [6.45, 7) is -1.86. The molecule has 1 unspecified atom stereocenters. The first kappa shape index (κ1) is 20.3. The van der Waals surface area contributed by atoms with Crippen molar-refractivity contribution in [3.63, 3.8) is 0 Å². The third-order valence-corrected chi connectivity index (χ3v) is 3.20. The number of allylic oxidation sites excluding steroid dienone is 1. The monoisotopic (exact) mass is 363 g/mol. The lowest BCUT2D eigenvalue weighted by Crippen LogP contribution is -2.71.